The molecule has 2 N–H and O–H groups in total. The molecule has 1 fully saturated rings. The Bertz CT molecular complexity index is 715. The highest BCUT2D eigenvalue weighted by molar-refractivity contribution is 7.13. The number of anilines is 1. The Hall–Kier alpha value is -2.48. The molecule has 1 saturated heterocycles. The number of nitrogens with one attached hydrogen (secondary N) is 2. The van der Waals surface area contributed by atoms with Crippen molar-refractivity contribution in [2.45, 2.75) is 18.9 Å². The summed E-state index contributed by atoms with van der Waals surface area (Å²) in [6, 6.07) is 5.66. The Labute approximate surface area is 142 Å². The summed E-state index contributed by atoms with van der Waals surface area (Å²) in [6.07, 6.45) is 2.88. The molecule has 0 saturated carbocycles. The number of benzene rings is 1. The monoisotopic (exact) mass is 348 g/mol. The van der Waals surface area contributed by atoms with Crippen LogP contribution in [0, 0.1) is 5.82 Å². The van der Waals surface area contributed by atoms with Crippen LogP contribution in [0.3, 0.4) is 0 Å². The molecular weight excluding hydrogens is 331 g/mol. The molecule has 1 aromatic carbocycles. The highest BCUT2D eigenvalue weighted by Crippen LogP contribution is 2.16. The van der Waals surface area contributed by atoms with Crippen LogP contribution in [0.15, 0.2) is 35.8 Å². The Balaban J connectivity index is 1.50. The second-order valence-electron chi connectivity index (χ2n) is 5.48. The number of hydrogen-bond donors (Lipinski definition) is 2. The van der Waals surface area contributed by atoms with Gasteiger partial charge in [0.15, 0.2) is 5.13 Å². The Morgan fingerprint density at radius 3 is 2.67 bits per heavy atom. The number of halogens is 1. The summed E-state index contributed by atoms with van der Waals surface area (Å²) in [7, 11) is 0. The van der Waals surface area contributed by atoms with E-state index in [1.807, 2.05) is 0 Å². The van der Waals surface area contributed by atoms with Crippen LogP contribution in [0.2, 0.25) is 0 Å². The highest BCUT2D eigenvalue weighted by Gasteiger charge is 2.26. The predicted molar refractivity (Wildman–Crippen MR) is 89.6 cm³/mol. The van der Waals surface area contributed by atoms with E-state index in [1.54, 1.807) is 28.6 Å². The zero-order valence-corrected chi connectivity index (χ0v) is 13.7. The van der Waals surface area contributed by atoms with Crippen LogP contribution in [0.1, 0.15) is 23.2 Å². The highest BCUT2D eigenvalue weighted by atomic mass is 32.1. The zero-order valence-electron chi connectivity index (χ0n) is 12.9. The Kier molecular flexibility index (Phi) is 5.05. The van der Waals surface area contributed by atoms with Gasteiger partial charge in [-0.05, 0) is 25.0 Å². The summed E-state index contributed by atoms with van der Waals surface area (Å²) < 4.78 is 13.7. The zero-order chi connectivity index (χ0) is 16.9. The molecule has 0 bridgehead atoms. The average molecular weight is 348 g/mol. The van der Waals surface area contributed by atoms with Crippen LogP contribution in [-0.2, 0) is 0 Å². The number of carbonyl (C=O) groups excluding carboxylic acids is 2. The van der Waals surface area contributed by atoms with Crippen molar-refractivity contribution in [2.75, 3.05) is 18.4 Å². The van der Waals surface area contributed by atoms with Gasteiger partial charge in [-0.2, -0.15) is 0 Å². The van der Waals surface area contributed by atoms with Gasteiger partial charge in [0, 0.05) is 30.7 Å². The van der Waals surface area contributed by atoms with Crippen molar-refractivity contribution in [3.63, 3.8) is 0 Å². The molecule has 3 rings (SSSR count). The molecule has 1 aliphatic rings. The first-order chi connectivity index (χ1) is 11.6. The van der Waals surface area contributed by atoms with Crippen LogP contribution >= 0.6 is 11.3 Å². The SMILES string of the molecule is O=C(Nc1nccs1)NC1CCN(C(=O)c2ccccc2F)CC1. The number of rotatable bonds is 3. The van der Waals surface area contributed by atoms with E-state index in [0.717, 1.165) is 0 Å². The van der Waals surface area contributed by atoms with Gasteiger partial charge in [-0.15, -0.1) is 11.3 Å². The van der Waals surface area contributed by atoms with Crippen molar-refractivity contribution in [1.29, 1.82) is 0 Å². The van der Waals surface area contributed by atoms with E-state index in [1.165, 1.54) is 23.5 Å². The normalized spacial score (nSPS) is 15.1. The number of carbonyl (C=O) groups is 2. The molecule has 3 amide bonds. The van der Waals surface area contributed by atoms with E-state index < -0.39 is 5.82 Å². The van der Waals surface area contributed by atoms with Gasteiger partial charge in [0.05, 0.1) is 5.56 Å². The van der Waals surface area contributed by atoms with Gasteiger partial charge in [-0.3, -0.25) is 10.1 Å². The summed E-state index contributed by atoms with van der Waals surface area (Å²) >= 11 is 1.35. The van der Waals surface area contributed by atoms with Crippen LogP contribution < -0.4 is 10.6 Å². The maximum atomic E-state index is 13.7. The molecule has 8 heteroatoms. The van der Waals surface area contributed by atoms with Gasteiger partial charge >= 0.3 is 6.03 Å². The van der Waals surface area contributed by atoms with Crippen LogP contribution in [0.4, 0.5) is 14.3 Å². The number of amides is 3. The van der Waals surface area contributed by atoms with Crippen molar-refractivity contribution in [3.8, 4) is 0 Å². The summed E-state index contributed by atoms with van der Waals surface area (Å²) in [6.45, 7) is 0.963. The maximum absolute atomic E-state index is 13.7. The first kappa shape index (κ1) is 16.4. The molecule has 24 heavy (non-hydrogen) atoms. The van der Waals surface area contributed by atoms with Gasteiger partial charge in [0.1, 0.15) is 5.82 Å². The van der Waals surface area contributed by atoms with Gasteiger partial charge in [-0.25, -0.2) is 14.2 Å². The smallest absolute Gasteiger partial charge is 0.321 e. The lowest BCUT2D eigenvalue weighted by Gasteiger charge is -2.32. The molecule has 6 nitrogen and oxygen atoms in total. The van der Waals surface area contributed by atoms with Gasteiger partial charge in [0.2, 0.25) is 0 Å². The molecule has 0 unspecified atom stereocenters. The minimum atomic E-state index is -0.509. The fourth-order valence-corrected chi connectivity index (χ4v) is 3.16. The first-order valence-corrected chi connectivity index (χ1v) is 8.52. The third-order valence-corrected chi connectivity index (χ3v) is 4.56. The second kappa shape index (κ2) is 7.39. The summed E-state index contributed by atoms with van der Waals surface area (Å²) in [4.78, 5) is 29.8. The van der Waals surface area contributed by atoms with Crippen molar-refractivity contribution >= 4 is 28.4 Å². The largest absolute Gasteiger partial charge is 0.338 e. The molecule has 126 valence electrons. The average Bonchev–Trinajstić information content (AvgIpc) is 3.08. The van der Waals surface area contributed by atoms with Gasteiger partial charge < -0.3 is 10.2 Å². The van der Waals surface area contributed by atoms with E-state index in [2.05, 4.69) is 15.6 Å². The number of piperidine rings is 1. The third kappa shape index (κ3) is 3.88. The molecule has 0 radical (unpaired) electrons. The summed E-state index contributed by atoms with van der Waals surface area (Å²) in [5, 5.41) is 7.86. The topological polar surface area (TPSA) is 74.3 Å². The van der Waals surface area contributed by atoms with Gasteiger partial charge in [-0.1, -0.05) is 12.1 Å². The third-order valence-electron chi connectivity index (χ3n) is 3.87. The van der Waals surface area contributed by atoms with E-state index in [9.17, 15) is 14.0 Å². The van der Waals surface area contributed by atoms with Crippen LogP contribution in [0.5, 0.6) is 0 Å². The van der Waals surface area contributed by atoms with Crippen molar-refractivity contribution in [1.82, 2.24) is 15.2 Å². The lowest BCUT2D eigenvalue weighted by atomic mass is 10.0. The minimum absolute atomic E-state index is 0.0189. The second-order valence-corrected chi connectivity index (χ2v) is 6.38. The molecule has 1 aromatic heterocycles. The number of nitrogens with zero attached hydrogens (tertiary/aromatic N) is 2. The lowest BCUT2D eigenvalue weighted by Crippen LogP contribution is -2.47. The van der Waals surface area contributed by atoms with E-state index >= 15 is 0 Å². The number of likely N-dealkylation sites (tertiary alicyclic amines) is 1. The molecule has 2 heterocycles. The van der Waals surface area contributed by atoms with Crippen molar-refractivity contribution < 1.29 is 14.0 Å². The first-order valence-electron chi connectivity index (χ1n) is 7.64. The fourth-order valence-electron chi connectivity index (χ4n) is 2.64. The number of thiazole rings is 1. The van der Waals surface area contributed by atoms with Gasteiger partial charge in [0.25, 0.3) is 5.91 Å². The number of urea groups is 1. The van der Waals surface area contributed by atoms with Crippen molar-refractivity contribution in [2.24, 2.45) is 0 Å². The molecule has 0 spiro atoms. The van der Waals surface area contributed by atoms with Crippen LogP contribution in [-0.4, -0.2) is 41.0 Å². The summed E-state index contributed by atoms with van der Waals surface area (Å²) in [5.74, 6) is -0.815. The molecular formula is C16H17FN4O2S. The van der Waals surface area contributed by atoms with E-state index in [-0.39, 0.29) is 23.5 Å². The Morgan fingerprint density at radius 1 is 1.25 bits per heavy atom. The standard InChI is InChI=1S/C16H17FN4O2S/c17-13-4-2-1-3-12(13)14(22)21-8-5-11(6-9-21)19-15(23)20-16-18-7-10-24-16/h1-4,7,10-11H,5-6,8-9H2,(H2,18,19,20,23). The fraction of sp³-hybridized carbons (Fsp3) is 0.312. The van der Waals surface area contributed by atoms with Crippen LogP contribution in [0.25, 0.3) is 0 Å². The molecule has 0 atom stereocenters. The van der Waals surface area contributed by atoms with Crippen molar-refractivity contribution in [3.05, 3.63) is 47.2 Å². The molecule has 2 aromatic rings. The molecule has 1 aliphatic heterocycles. The quantitative estimate of drug-likeness (QED) is 0.896. The Morgan fingerprint density at radius 2 is 2.00 bits per heavy atom. The number of hydrogen-bond acceptors (Lipinski definition) is 4. The van der Waals surface area contributed by atoms with E-state index in [0.29, 0.717) is 31.1 Å². The predicted octanol–water partition coefficient (Wildman–Crippen LogP) is 2.71. The summed E-state index contributed by atoms with van der Waals surface area (Å²) in [5.41, 5.74) is 0.0884. The lowest BCUT2D eigenvalue weighted by molar-refractivity contribution is 0.0704. The minimum Gasteiger partial charge on any atom is -0.338 e. The van der Waals surface area contributed by atoms with E-state index in [4.69, 9.17) is 0 Å². The number of aromatic nitrogens is 1. The molecule has 0 aliphatic carbocycles. The maximum Gasteiger partial charge on any atom is 0.321 e.